The fourth-order valence-electron chi connectivity index (χ4n) is 4.19. The Morgan fingerprint density at radius 3 is 1.69 bits per heavy atom. The first-order valence-corrected chi connectivity index (χ1v) is 11.1. The Morgan fingerprint density at radius 1 is 0.769 bits per heavy atom. The number of allylic oxidation sites excluding steroid dienone is 4. The standard InChI is InChI=1S/C23H24O2S/c1-17-5-7-18(8-6-17)21-15-23(13-3-4-14-23)16-22(21)19-9-11-20(12-10-19)26(2,24)25/h5-12,15-16H,3-4,13-14H2,1-2H3. The van der Waals surface area contributed by atoms with Crippen LogP contribution < -0.4 is 0 Å². The lowest BCUT2D eigenvalue weighted by Crippen LogP contribution is -2.05. The number of sulfone groups is 1. The Morgan fingerprint density at radius 2 is 1.23 bits per heavy atom. The summed E-state index contributed by atoms with van der Waals surface area (Å²) in [5, 5.41) is 0. The molecular weight excluding hydrogens is 340 g/mol. The average molecular weight is 365 g/mol. The van der Waals surface area contributed by atoms with Crippen LogP contribution in [0.4, 0.5) is 0 Å². The Bertz CT molecular complexity index is 985. The first kappa shape index (κ1) is 17.3. The number of benzene rings is 2. The molecule has 1 saturated carbocycles. The number of aryl methyl sites for hydroxylation is 1. The van der Waals surface area contributed by atoms with Crippen LogP contribution in [0.1, 0.15) is 42.4 Å². The molecule has 4 rings (SSSR count). The summed E-state index contributed by atoms with van der Waals surface area (Å²) in [5.74, 6) is 0. The van der Waals surface area contributed by atoms with Crippen LogP contribution in [0, 0.1) is 12.3 Å². The molecule has 26 heavy (non-hydrogen) atoms. The molecule has 0 amide bonds. The second-order valence-electron chi connectivity index (χ2n) is 7.72. The zero-order chi connectivity index (χ0) is 18.4. The highest BCUT2D eigenvalue weighted by atomic mass is 32.2. The van der Waals surface area contributed by atoms with Crippen LogP contribution >= 0.6 is 0 Å². The summed E-state index contributed by atoms with van der Waals surface area (Å²) >= 11 is 0. The van der Waals surface area contributed by atoms with Crippen molar-refractivity contribution in [3.63, 3.8) is 0 Å². The zero-order valence-electron chi connectivity index (χ0n) is 15.3. The Kier molecular flexibility index (Phi) is 4.15. The zero-order valence-corrected chi connectivity index (χ0v) is 16.1. The highest BCUT2D eigenvalue weighted by Gasteiger charge is 2.35. The first-order valence-electron chi connectivity index (χ1n) is 9.20. The van der Waals surface area contributed by atoms with E-state index >= 15 is 0 Å². The molecule has 0 aromatic heterocycles. The van der Waals surface area contributed by atoms with Gasteiger partial charge in [0.15, 0.2) is 9.84 Å². The van der Waals surface area contributed by atoms with E-state index in [4.69, 9.17) is 0 Å². The molecule has 1 spiro atoms. The van der Waals surface area contributed by atoms with Gasteiger partial charge in [-0.1, -0.05) is 67.0 Å². The topological polar surface area (TPSA) is 34.1 Å². The molecule has 2 aromatic carbocycles. The quantitative estimate of drug-likeness (QED) is 0.727. The lowest BCUT2D eigenvalue weighted by atomic mass is 9.88. The fraction of sp³-hybridized carbons (Fsp3) is 0.304. The normalized spacial score (nSPS) is 18.8. The van der Waals surface area contributed by atoms with E-state index in [0.29, 0.717) is 4.90 Å². The largest absolute Gasteiger partial charge is 0.224 e. The third kappa shape index (κ3) is 3.16. The molecule has 2 nitrogen and oxygen atoms in total. The summed E-state index contributed by atoms with van der Waals surface area (Å²) in [7, 11) is -3.17. The molecule has 134 valence electrons. The summed E-state index contributed by atoms with van der Waals surface area (Å²) in [6.45, 7) is 2.10. The molecule has 0 aliphatic heterocycles. The van der Waals surface area contributed by atoms with E-state index in [2.05, 4.69) is 43.3 Å². The minimum atomic E-state index is -3.17. The van der Waals surface area contributed by atoms with Gasteiger partial charge in [0.2, 0.25) is 0 Å². The first-order chi connectivity index (χ1) is 12.4. The van der Waals surface area contributed by atoms with Crippen LogP contribution in [-0.4, -0.2) is 14.7 Å². The van der Waals surface area contributed by atoms with Crippen molar-refractivity contribution in [2.24, 2.45) is 5.41 Å². The van der Waals surface area contributed by atoms with E-state index < -0.39 is 9.84 Å². The van der Waals surface area contributed by atoms with Gasteiger partial charge in [-0.2, -0.15) is 0 Å². The Hall–Kier alpha value is -2.13. The van der Waals surface area contributed by atoms with Crippen LogP contribution in [0.15, 0.2) is 65.6 Å². The van der Waals surface area contributed by atoms with Gasteiger partial charge in [-0.3, -0.25) is 0 Å². The summed E-state index contributed by atoms with van der Waals surface area (Å²) in [6, 6.07) is 16.0. The lowest BCUT2D eigenvalue weighted by molar-refractivity contribution is 0.523. The van der Waals surface area contributed by atoms with Gasteiger partial charge in [-0.05, 0) is 54.2 Å². The van der Waals surface area contributed by atoms with Gasteiger partial charge in [0.25, 0.3) is 0 Å². The van der Waals surface area contributed by atoms with E-state index in [-0.39, 0.29) is 5.41 Å². The van der Waals surface area contributed by atoms with Crippen molar-refractivity contribution in [3.05, 3.63) is 77.4 Å². The number of hydrogen-bond acceptors (Lipinski definition) is 2. The Balaban J connectivity index is 1.79. The number of rotatable bonds is 3. The Labute approximate surface area is 156 Å². The van der Waals surface area contributed by atoms with Crippen molar-refractivity contribution in [3.8, 4) is 0 Å². The maximum atomic E-state index is 11.8. The van der Waals surface area contributed by atoms with Crippen molar-refractivity contribution < 1.29 is 8.42 Å². The third-order valence-corrected chi connectivity index (χ3v) is 6.77. The fourth-order valence-corrected chi connectivity index (χ4v) is 4.82. The van der Waals surface area contributed by atoms with E-state index in [1.54, 1.807) is 12.1 Å². The minimum absolute atomic E-state index is 0.172. The average Bonchev–Trinajstić information content (AvgIpc) is 3.22. The summed E-state index contributed by atoms with van der Waals surface area (Å²) in [4.78, 5) is 0.372. The van der Waals surface area contributed by atoms with Crippen LogP contribution in [0.2, 0.25) is 0 Å². The molecular formula is C23H24O2S. The van der Waals surface area contributed by atoms with Gasteiger partial charge in [0.05, 0.1) is 4.90 Å². The molecule has 3 heteroatoms. The summed E-state index contributed by atoms with van der Waals surface area (Å²) in [5.41, 5.74) is 6.26. The maximum Gasteiger partial charge on any atom is 0.175 e. The summed E-state index contributed by atoms with van der Waals surface area (Å²) in [6.07, 6.45) is 11.1. The van der Waals surface area contributed by atoms with Crippen molar-refractivity contribution in [1.29, 1.82) is 0 Å². The monoisotopic (exact) mass is 364 g/mol. The van der Waals surface area contributed by atoms with Gasteiger partial charge in [0, 0.05) is 11.7 Å². The van der Waals surface area contributed by atoms with Crippen molar-refractivity contribution in [2.75, 3.05) is 6.26 Å². The second-order valence-corrected chi connectivity index (χ2v) is 9.73. The third-order valence-electron chi connectivity index (χ3n) is 5.64. The molecule has 0 heterocycles. The lowest BCUT2D eigenvalue weighted by Gasteiger charge is -2.16. The van der Waals surface area contributed by atoms with Gasteiger partial charge >= 0.3 is 0 Å². The van der Waals surface area contributed by atoms with Crippen LogP contribution in [0.25, 0.3) is 11.1 Å². The molecule has 2 aliphatic carbocycles. The van der Waals surface area contributed by atoms with E-state index in [1.165, 1.54) is 54.2 Å². The van der Waals surface area contributed by atoms with Gasteiger partial charge in [0.1, 0.15) is 0 Å². The molecule has 0 bridgehead atoms. The molecule has 0 atom stereocenters. The maximum absolute atomic E-state index is 11.8. The van der Waals surface area contributed by atoms with E-state index in [0.717, 1.165) is 5.56 Å². The minimum Gasteiger partial charge on any atom is -0.224 e. The van der Waals surface area contributed by atoms with Gasteiger partial charge in [-0.15, -0.1) is 0 Å². The SMILES string of the molecule is Cc1ccc(C2=CC3(C=C2c2ccc(S(C)(=O)=O)cc2)CCCC3)cc1. The van der Waals surface area contributed by atoms with Gasteiger partial charge < -0.3 is 0 Å². The predicted molar refractivity (Wildman–Crippen MR) is 108 cm³/mol. The van der Waals surface area contributed by atoms with Crippen LogP contribution in [-0.2, 0) is 9.84 Å². The molecule has 0 saturated heterocycles. The van der Waals surface area contributed by atoms with Crippen molar-refractivity contribution in [1.82, 2.24) is 0 Å². The molecule has 1 fully saturated rings. The van der Waals surface area contributed by atoms with Crippen LogP contribution in [0.5, 0.6) is 0 Å². The molecule has 0 N–H and O–H groups in total. The van der Waals surface area contributed by atoms with Gasteiger partial charge in [-0.25, -0.2) is 8.42 Å². The van der Waals surface area contributed by atoms with Crippen molar-refractivity contribution in [2.45, 2.75) is 37.5 Å². The highest BCUT2D eigenvalue weighted by Crippen LogP contribution is 2.51. The molecule has 0 unspecified atom stereocenters. The summed E-state index contributed by atoms with van der Waals surface area (Å²) < 4.78 is 23.5. The van der Waals surface area contributed by atoms with Crippen LogP contribution in [0.3, 0.4) is 0 Å². The predicted octanol–water partition coefficient (Wildman–Crippen LogP) is 5.44. The molecule has 2 aliphatic rings. The second kappa shape index (κ2) is 6.24. The molecule has 2 aromatic rings. The van der Waals surface area contributed by atoms with Crippen molar-refractivity contribution >= 4 is 21.0 Å². The molecule has 0 radical (unpaired) electrons. The van der Waals surface area contributed by atoms with E-state index in [9.17, 15) is 8.42 Å². The number of hydrogen-bond donors (Lipinski definition) is 0. The van der Waals surface area contributed by atoms with E-state index in [1.807, 2.05) is 12.1 Å². The highest BCUT2D eigenvalue weighted by molar-refractivity contribution is 7.90. The smallest absolute Gasteiger partial charge is 0.175 e.